The molecule has 0 spiro atoms. The summed E-state index contributed by atoms with van der Waals surface area (Å²) in [5, 5.41) is 11.9. The predicted molar refractivity (Wildman–Crippen MR) is 72.0 cm³/mol. The lowest BCUT2D eigenvalue weighted by Gasteiger charge is -2.02. The minimum Gasteiger partial charge on any atom is -0.258 e. The molecule has 0 fully saturated rings. The summed E-state index contributed by atoms with van der Waals surface area (Å²) in [6.45, 7) is 0. The van der Waals surface area contributed by atoms with Crippen LogP contribution in [0.2, 0.25) is 5.15 Å². The molecule has 0 saturated carbocycles. The third-order valence-corrected chi connectivity index (χ3v) is 3.53. The van der Waals surface area contributed by atoms with Crippen molar-refractivity contribution in [2.24, 2.45) is 0 Å². The molecule has 5 nitrogen and oxygen atoms in total. The van der Waals surface area contributed by atoms with Crippen LogP contribution in [-0.4, -0.2) is 14.9 Å². The molecule has 2 heterocycles. The standard InChI is InChI=1S/C10H5BrClN3O2S/c11-6-1-4-9(13-5-6)18-10-7(15(16)17)2-3-8(12)14-10/h1-5H. The summed E-state index contributed by atoms with van der Waals surface area (Å²) < 4.78 is 0.834. The van der Waals surface area contributed by atoms with Gasteiger partial charge in [-0.3, -0.25) is 10.1 Å². The number of aromatic nitrogens is 2. The summed E-state index contributed by atoms with van der Waals surface area (Å²) in [4.78, 5) is 18.4. The van der Waals surface area contributed by atoms with Gasteiger partial charge in [-0.05, 0) is 45.9 Å². The van der Waals surface area contributed by atoms with Crippen molar-refractivity contribution in [1.82, 2.24) is 9.97 Å². The number of pyridine rings is 2. The highest BCUT2D eigenvalue weighted by molar-refractivity contribution is 9.10. The molecule has 0 radical (unpaired) electrons. The first kappa shape index (κ1) is 13.3. The highest BCUT2D eigenvalue weighted by atomic mass is 79.9. The van der Waals surface area contributed by atoms with E-state index < -0.39 is 4.92 Å². The number of hydrogen-bond donors (Lipinski definition) is 0. The van der Waals surface area contributed by atoms with Crippen molar-refractivity contribution in [2.75, 3.05) is 0 Å². The van der Waals surface area contributed by atoms with E-state index >= 15 is 0 Å². The second-order valence-corrected chi connectivity index (χ2v) is 5.44. The minimum absolute atomic E-state index is 0.0888. The summed E-state index contributed by atoms with van der Waals surface area (Å²) in [7, 11) is 0. The number of hydrogen-bond acceptors (Lipinski definition) is 5. The van der Waals surface area contributed by atoms with E-state index in [4.69, 9.17) is 11.6 Å². The van der Waals surface area contributed by atoms with Crippen LogP contribution in [0.5, 0.6) is 0 Å². The van der Waals surface area contributed by atoms with Crippen molar-refractivity contribution in [2.45, 2.75) is 10.1 Å². The van der Waals surface area contributed by atoms with Crippen LogP contribution in [0, 0.1) is 10.1 Å². The second-order valence-electron chi connectivity index (χ2n) is 3.13. The van der Waals surface area contributed by atoms with Crippen molar-refractivity contribution in [3.05, 3.63) is 50.2 Å². The Bertz CT molecular complexity index is 594. The predicted octanol–water partition coefficient (Wildman–Crippen LogP) is 3.95. The van der Waals surface area contributed by atoms with Gasteiger partial charge in [-0.25, -0.2) is 9.97 Å². The zero-order valence-electron chi connectivity index (χ0n) is 8.71. The van der Waals surface area contributed by atoms with E-state index in [1.165, 1.54) is 12.1 Å². The second kappa shape index (κ2) is 5.64. The average molecular weight is 347 g/mol. The van der Waals surface area contributed by atoms with E-state index in [1.54, 1.807) is 18.3 Å². The number of rotatable bonds is 3. The van der Waals surface area contributed by atoms with Crippen molar-refractivity contribution < 1.29 is 4.92 Å². The average Bonchev–Trinajstić information content (AvgIpc) is 2.32. The van der Waals surface area contributed by atoms with Gasteiger partial charge in [0, 0.05) is 16.7 Å². The molecule has 2 aromatic heterocycles. The number of nitro groups is 1. The van der Waals surface area contributed by atoms with E-state index in [1.807, 2.05) is 0 Å². The van der Waals surface area contributed by atoms with Crippen molar-refractivity contribution in [1.29, 1.82) is 0 Å². The van der Waals surface area contributed by atoms with Gasteiger partial charge in [-0.1, -0.05) is 11.6 Å². The molecule has 0 aromatic carbocycles. The Hall–Kier alpha value is -1.18. The Kier molecular flexibility index (Phi) is 4.15. The maximum atomic E-state index is 10.9. The molecule has 8 heteroatoms. The van der Waals surface area contributed by atoms with Crippen molar-refractivity contribution >= 4 is 45.0 Å². The fourth-order valence-electron chi connectivity index (χ4n) is 1.15. The molecule has 0 aliphatic heterocycles. The maximum Gasteiger partial charge on any atom is 0.301 e. The molecule has 0 aliphatic rings. The van der Waals surface area contributed by atoms with Gasteiger partial charge in [0.1, 0.15) is 10.2 Å². The fourth-order valence-corrected chi connectivity index (χ4v) is 2.41. The molecular formula is C10H5BrClN3O2S. The van der Waals surface area contributed by atoms with E-state index in [2.05, 4.69) is 25.9 Å². The monoisotopic (exact) mass is 345 g/mol. The quantitative estimate of drug-likeness (QED) is 0.478. The van der Waals surface area contributed by atoms with Crippen molar-refractivity contribution in [3.63, 3.8) is 0 Å². The molecule has 2 rings (SSSR count). The summed E-state index contributed by atoms with van der Waals surface area (Å²) in [6.07, 6.45) is 1.61. The summed E-state index contributed by atoms with van der Waals surface area (Å²) >= 11 is 10.1. The van der Waals surface area contributed by atoms with Crippen LogP contribution >= 0.6 is 39.3 Å². The summed E-state index contributed by atoms with van der Waals surface area (Å²) in [5.74, 6) is 0. The molecule has 0 aliphatic carbocycles. The van der Waals surface area contributed by atoms with Gasteiger partial charge in [0.15, 0.2) is 5.03 Å². The highest BCUT2D eigenvalue weighted by Gasteiger charge is 2.17. The summed E-state index contributed by atoms with van der Waals surface area (Å²) in [5.41, 5.74) is -0.0888. The van der Waals surface area contributed by atoms with Crippen molar-refractivity contribution in [3.8, 4) is 0 Å². The van der Waals surface area contributed by atoms with Gasteiger partial charge in [-0.2, -0.15) is 0 Å². The largest absolute Gasteiger partial charge is 0.301 e. The van der Waals surface area contributed by atoms with Crippen LogP contribution in [0.1, 0.15) is 0 Å². The van der Waals surface area contributed by atoms with E-state index in [9.17, 15) is 10.1 Å². The fraction of sp³-hybridized carbons (Fsp3) is 0. The van der Waals surface area contributed by atoms with Crippen LogP contribution in [0.25, 0.3) is 0 Å². The molecule has 0 unspecified atom stereocenters. The molecule has 0 N–H and O–H groups in total. The SMILES string of the molecule is O=[N+]([O-])c1ccc(Cl)nc1Sc1ccc(Br)cn1. The van der Waals surface area contributed by atoms with E-state index in [-0.39, 0.29) is 15.9 Å². The van der Waals surface area contributed by atoms with Crippen LogP contribution in [0.4, 0.5) is 5.69 Å². The van der Waals surface area contributed by atoms with Gasteiger partial charge in [-0.15, -0.1) is 0 Å². The number of nitrogens with zero attached hydrogens (tertiary/aromatic N) is 3. The summed E-state index contributed by atoms with van der Waals surface area (Å²) in [6, 6.07) is 6.25. The lowest BCUT2D eigenvalue weighted by molar-refractivity contribution is -0.388. The maximum absolute atomic E-state index is 10.9. The van der Waals surface area contributed by atoms with Gasteiger partial charge in [0.25, 0.3) is 0 Å². The third kappa shape index (κ3) is 3.18. The Morgan fingerprint density at radius 2 is 2.11 bits per heavy atom. The number of halogens is 2. The van der Waals surface area contributed by atoms with Crippen LogP contribution in [-0.2, 0) is 0 Å². The Morgan fingerprint density at radius 1 is 1.33 bits per heavy atom. The molecular weight excluding hydrogens is 342 g/mol. The molecule has 2 aromatic rings. The normalized spacial score (nSPS) is 10.3. The topological polar surface area (TPSA) is 68.9 Å². The molecule has 18 heavy (non-hydrogen) atoms. The first-order valence-corrected chi connectivity index (χ1v) is 6.65. The molecule has 92 valence electrons. The molecule has 0 atom stereocenters. The zero-order chi connectivity index (χ0) is 13.1. The van der Waals surface area contributed by atoms with Gasteiger partial charge >= 0.3 is 5.69 Å². The lowest BCUT2D eigenvalue weighted by Crippen LogP contribution is -1.94. The van der Waals surface area contributed by atoms with Crippen LogP contribution in [0.15, 0.2) is 45.0 Å². The highest BCUT2D eigenvalue weighted by Crippen LogP contribution is 2.33. The van der Waals surface area contributed by atoms with Gasteiger partial charge in [0.05, 0.1) is 4.92 Å². The third-order valence-electron chi connectivity index (χ3n) is 1.90. The first-order chi connectivity index (χ1) is 8.56. The van der Waals surface area contributed by atoms with Crippen LogP contribution < -0.4 is 0 Å². The lowest BCUT2D eigenvalue weighted by atomic mass is 10.4. The van der Waals surface area contributed by atoms with Crippen LogP contribution in [0.3, 0.4) is 0 Å². The van der Waals surface area contributed by atoms with Gasteiger partial charge < -0.3 is 0 Å². The zero-order valence-corrected chi connectivity index (χ0v) is 11.9. The van der Waals surface area contributed by atoms with Gasteiger partial charge in [0.2, 0.25) is 0 Å². The Balaban J connectivity index is 2.35. The first-order valence-electron chi connectivity index (χ1n) is 4.66. The molecule has 0 saturated heterocycles. The Labute approximate surface area is 120 Å². The molecule has 0 amide bonds. The minimum atomic E-state index is -0.496. The van der Waals surface area contributed by atoms with E-state index in [0.717, 1.165) is 16.2 Å². The Morgan fingerprint density at radius 3 is 2.72 bits per heavy atom. The smallest absolute Gasteiger partial charge is 0.258 e. The van der Waals surface area contributed by atoms with E-state index in [0.29, 0.717) is 5.03 Å². The molecule has 0 bridgehead atoms.